The lowest BCUT2D eigenvalue weighted by Crippen LogP contribution is -2.52. The normalized spacial score (nSPS) is 22.6. The summed E-state index contributed by atoms with van der Waals surface area (Å²) in [6.45, 7) is 0. The molecule has 1 aliphatic carbocycles. The second kappa shape index (κ2) is 8.61. The van der Waals surface area contributed by atoms with Crippen molar-refractivity contribution in [1.29, 1.82) is 0 Å². The number of aryl methyl sites for hydroxylation is 1. The van der Waals surface area contributed by atoms with Crippen LogP contribution in [0.5, 0.6) is 11.5 Å². The predicted molar refractivity (Wildman–Crippen MR) is 127 cm³/mol. The molecule has 0 saturated heterocycles. The smallest absolute Gasteiger partial charge is 0.324 e. The molecular weight excluding hydrogens is 430 g/mol. The third-order valence-electron chi connectivity index (χ3n) is 7.41. The maximum absolute atomic E-state index is 12.6. The maximum Gasteiger partial charge on any atom is 0.324 e. The van der Waals surface area contributed by atoms with Crippen molar-refractivity contribution in [2.75, 3.05) is 0 Å². The molecule has 1 saturated carbocycles. The molecule has 1 fully saturated rings. The van der Waals surface area contributed by atoms with Crippen molar-refractivity contribution in [3.05, 3.63) is 95.6 Å². The molecule has 6 nitrogen and oxygen atoms in total. The van der Waals surface area contributed by atoms with Gasteiger partial charge in [0, 0.05) is 23.0 Å². The Morgan fingerprint density at radius 1 is 0.853 bits per heavy atom. The molecule has 1 heterocycles. The van der Waals surface area contributed by atoms with Gasteiger partial charge in [-0.15, -0.1) is 0 Å². The quantitative estimate of drug-likeness (QED) is 0.453. The van der Waals surface area contributed by atoms with Gasteiger partial charge >= 0.3 is 11.9 Å². The summed E-state index contributed by atoms with van der Waals surface area (Å²) in [6.07, 6.45) is 1.36. The number of carbonyl (C=O) groups is 2. The zero-order valence-electron chi connectivity index (χ0n) is 18.6. The Labute approximate surface area is 198 Å². The Morgan fingerprint density at radius 3 is 1.97 bits per heavy atom. The van der Waals surface area contributed by atoms with Gasteiger partial charge in [-0.05, 0) is 42.9 Å². The van der Waals surface area contributed by atoms with E-state index in [9.17, 15) is 19.8 Å². The first-order valence-corrected chi connectivity index (χ1v) is 11.5. The summed E-state index contributed by atoms with van der Waals surface area (Å²) in [5.41, 5.74) is 7.82. The van der Waals surface area contributed by atoms with Crippen molar-refractivity contribution in [3.8, 4) is 11.5 Å². The second-order valence-corrected chi connectivity index (χ2v) is 9.36. The van der Waals surface area contributed by atoms with Crippen LogP contribution in [0.4, 0.5) is 0 Å². The number of carboxylic acids is 2. The van der Waals surface area contributed by atoms with Crippen LogP contribution in [0, 0.1) is 17.8 Å². The summed E-state index contributed by atoms with van der Waals surface area (Å²) >= 11 is 0. The van der Waals surface area contributed by atoms with E-state index in [4.69, 9.17) is 10.5 Å². The van der Waals surface area contributed by atoms with E-state index in [2.05, 4.69) is 0 Å². The Kier molecular flexibility index (Phi) is 5.62. The molecular formula is C28H27NO5. The molecule has 0 amide bonds. The SMILES string of the molecule is N[C@](CC1c2ccccc2Oc2ccccc21)(C(=O)O)C1C(CCc2ccccc2)[C@@H]1C(=O)O. The Balaban J connectivity index is 1.47. The monoisotopic (exact) mass is 457 g/mol. The van der Waals surface area contributed by atoms with Gasteiger partial charge in [0.25, 0.3) is 0 Å². The van der Waals surface area contributed by atoms with Crippen LogP contribution < -0.4 is 10.5 Å². The van der Waals surface area contributed by atoms with Gasteiger partial charge in [-0.25, -0.2) is 0 Å². The minimum Gasteiger partial charge on any atom is -0.481 e. The highest BCUT2D eigenvalue weighted by atomic mass is 16.5. The summed E-state index contributed by atoms with van der Waals surface area (Å²) in [4.78, 5) is 24.7. The van der Waals surface area contributed by atoms with Crippen LogP contribution in [0.3, 0.4) is 0 Å². The van der Waals surface area contributed by atoms with Gasteiger partial charge in [-0.1, -0.05) is 66.7 Å². The number of benzene rings is 3. The van der Waals surface area contributed by atoms with Crippen LogP contribution in [0.1, 0.15) is 35.4 Å². The summed E-state index contributed by atoms with van der Waals surface area (Å²) in [6, 6.07) is 24.9. The van der Waals surface area contributed by atoms with E-state index in [1.165, 1.54) is 0 Å². The highest BCUT2D eigenvalue weighted by Gasteiger charge is 2.66. The molecule has 2 unspecified atom stereocenters. The fourth-order valence-electron chi connectivity index (χ4n) is 5.68. The van der Waals surface area contributed by atoms with E-state index in [1.54, 1.807) is 0 Å². The number of nitrogens with two attached hydrogens (primary N) is 1. The molecule has 1 aliphatic heterocycles. The summed E-state index contributed by atoms with van der Waals surface area (Å²) < 4.78 is 6.04. The fraction of sp³-hybridized carbons (Fsp3) is 0.286. The van der Waals surface area contributed by atoms with Gasteiger partial charge < -0.3 is 20.7 Å². The lowest BCUT2D eigenvalue weighted by molar-refractivity contribution is -0.145. The van der Waals surface area contributed by atoms with Crippen LogP contribution in [0.15, 0.2) is 78.9 Å². The third kappa shape index (κ3) is 3.84. The molecule has 4 atom stereocenters. The van der Waals surface area contributed by atoms with E-state index in [0.717, 1.165) is 16.7 Å². The number of ether oxygens (including phenoxy) is 1. The molecule has 3 aromatic carbocycles. The molecule has 6 heteroatoms. The van der Waals surface area contributed by atoms with Crippen molar-refractivity contribution in [2.45, 2.75) is 30.7 Å². The van der Waals surface area contributed by atoms with Gasteiger partial charge in [0.15, 0.2) is 0 Å². The van der Waals surface area contributed by atoms with E-state index in [-0.39, 0.29) is 18.3 Å². The van der Waals surface area contributed by atoms with Crippen molar-refractivity contribution >= 4 is 11.9 Å². The van der Waals surface area contributed by atoms with Crippen molar-refractivity contribution in [2.24, 2.45) is 23.5 Å². The number of rotatable bonds is 8. The largest absolute Gasteiger partial charge is 0.481 e. The third-order valence-corrected chi connectivity index (χ3v) is 7.41. The van der Waals surface area contributed by atoms with Gasteiger partial charge in [0.05, 0.1) is 5.92 Å². The first kappa shape index (κ1) is 22.2. The lowest BCUT2D eigenvalue weighted by atomic mass is 9.75. The maximum atomic E-state index is 12.6. The second-order valence-electron chi connectivity index (χ2n) is 9.36. The number of fused-ring (bicyclic) bond motifs is 2. The fourth-order valence-corrected chi connectivity index (χ4v) is 5.68. The average Bonchev–Trinajstić information content (AvgIpc) is 3.58. The number of hydrogen-bond acceptors (Lipinski definition) is 4. The highest BCUT2D eigenvalue weighted by Crippen LogP contribution is 2.58. The van der Waals surface area contributed by atoms with E-state index in [0.29, 0.717) is 24.3 Å². The zero-order chi connectivity index (χ0) is 23.9. The number of carboxylic acid groups (broad SMARTS) is 2. The molecule has 0 spiro atoms. The lowest BCUT2D eigenvalue weighted by Gasteiger charge is -2.34. The Hall–Kier alpha value is -3.64. The topological polar surface area (TPSA) is 110 Å². The van der Waals surface area contributed by atoms with Gasteiger partial charge in [-0.2, -0.15) is 0 Å². The molecule has 0 bridgehead atoms. The van der Waals surface area contributed by atoms with Crippen LogP contribution in [-0.2, 0) is 16.0 Å². The van der Waals surface area contributed by atoms with Crippen molar-refractivity contribution in [1.82, 2.24) is 0 Å². The standard InChI is InChI=1S/C28H27NO5/c29-28(27(32)33,25-20(24(25)26(30)31)15-14-17-8-2-1-3-9-17)16-21-18-10-4-6-12-22(18)34-23-13-7-5-11-19(21)23/h1-13,20-21,24-25H,14-16,29H2,(H,30,31)(H,32,33)/t20?,24-,25?,28-/m0/s1. The Bertz CT molecular complexity index is 1180. The molecule has 34 heavy (non-hydrogen) atoms. The first-order valence-electron chi connectivity index (χ1n) is 11.5. The number of hydrogen-bond donors (Lipinski definition) is 3. The predicted octanol–water partition coefficient (Wildman–Crippen LogP) is 4.68. The van der Waals surface area contributed by atoms with Crippen LogP contribution in [0.2, 0.25) is 0 Å². The van der Waals surface area contributed by atoms with Gasteiger partial charge in [-0.3, -0.25) is 9.59 Å². The van der Waals surface area contributed by atoms with Crippen LogP contribution in [-0.4, -0.2) is 27.7 Å². The Morgan fingerprint density at radius 2 is 1.41 bits per heavy atom. The number of para-hydroxylation sites is 2. The highest BCUT2D eigenvalue weighted by molar-refractivity contribution is 5.84. The first-order chi connectivity index (χ1) is 16.4. The summed E-state index contributed by atoms with van der Waals surface area (Å²) in [5, 5.41) is 20.2. The van der Waals surface area contributed by atoms with Crippen LogP contribution in [0.25, 0.3) is 0 Å². The molecule has 174 valence electrons. The molecule has 3 aromatic rings. The average molecular weight is 458 g/mol. The van der Waals surface area contributed by atoms with Gasteiger partial charge in [0.1, 0.15) is 17.0 Å². The molecule has 0 radical (unpaired) electrons. The molecule has 2 aliphatic rings. The van der Waals surface area contributed by atoms with E-state index >= 15 is 0 Å². The minimum atomic E-state index is -1.69. The van der Waals surface area contributed by atoms with Gasteiger partial charge in [0.2, 0.25) is 0 Å². The van der Waals surface area contributed by atoms with Crippen LogP contribution >= 0.6 is 0 Å². The van der Waals surface area contributed by atoms with E-state index in [1.807, 2.05) is 78.9 Å². The van der Waals surface area contributed by atoms with E-state index < -0.39 is 29.3 Å². The number of aliphatic carboxylic acids is 2. The molecule has 0 aromatic heterocycles. The summed E-state index contributed by atoms with van der Waals surface area (Å²) in [5.74, 6) is -2.81. The zero-order valence-corrected chi connectivity index (χ0v) is 18.6. The van der Waals surface area contributed by atoms with Crippen molar-refractivity contribution < 1.29 is 24.5 Å². The summed E-state index contributed by atoms with van der Waals surface area (Å²) in [7, 11) is 0. The van der Waals surface area contributed by atoms with Crippen molar-refractivity contribution in [3.63, 3.8) is 0 Å². The minimum absolute atomic E-state index is 0.0933. The molecule has 5 rings (SSSR count). The molecule has 4 N–H and O–H groups in total.